The van der Waals surface area contributed by atoms with Gasteiger partial charge in [0.2, 0.25) is 0 Å². The van der Waals surface area contributed by atoms with Gasteiger partial charge >= 0.3 is 0 Å². The highest BCUT2D eigenvalue weighted by Crippen LogP contribution is 2.48. The molecule has 2 aromatic rings. The van der Waals surface area contributed by atoms with Gasteiger partial charge in [-0.15, -0.1) is 0 Å². The predicted molar refractivity (Wildman–Crippen MR) is 88.6 cm³/mol. The Morgan fingerprint density at radius 3 is 3.09 bits per heavy atom. The van der Waals surface area contributed by atoms with Crippen molar-refractivity contribution in [3.05, 3.63) is 41.8 Å². The number of nitrogens with one attached hydrogen (secondary N) is 1. The summed E-state index contributed by atoms with van der Waals surface area (Å²) in [5, 5.41) is 7.36. The maximum Gasteiger partial charge on any atom is 0.154 e. The number of amidine groups is 1. The molecule has 1 fully saturated rings. The Bertz CT molecular complexity index is 763. The number of nitrogens with two attached hydrogens (primary N) is 1. The van der Waals surface area contributed by atoms with E-state index in [-0.39, 0.29) is 17.8 Å². The molecular formula is C16H17FN4OS. The van der Waals surface area contributed by atoms with Crippen molar-refractivity contribution >= 4 is 16.9 Å². The normalized spacial score (nSPS) is 30.1. The lowest BCUT2D eigenvalue weighted by Gasteiger charge is -2.35. The Balaban J connectivity index is 1.88. The highest BCUT2D eigenvalue weighted by Gasteiger charge is 2.52. The van der Waals surface area contributed by atoms with Crippen LogP contribution in [0.3, 0.4) is 0 Å². The molecule has 0 aliphatic carbocycles. The Morgan fingerprint density at radius 2 is 2.30 bits per heavy atom. The van der Waals surface area contributed by atoms with Gasteiger partial charge in [0.05, 0.1) is 18.4 Å². The molecule has 3 heterocycles. The first-order valence-electron chi connectivity index (χ1n) is 7.50. The molecule has 1 aromatic heterocycles. The molecule has 0 amide bonds. The van der Waals surface area contributed by atoms with E-state index < -0.39 is 5.54 Å². The molecule has 1 saturated heterocycles. The van der Waals surface area contributed by atoms with Crippen LogP contribution in [-0.2, 0) is 10.3 Å². The van der Waals surface area contributed by atoms with Crippen molar-refractivity contribution < 1.29 is 9.13 Å². The topological polar surface area (TPSA) is 76.3 Å². The van der Waals surface area contributed by atoms with Gasteiger partial charge in [-0.1, -0.05) is 11.8 Å². The molecule has 2 aliphatic rings. The predicted octanol–water partition coefficient (Wildman–Crippen LogP) is 2.51. The van der Waals surface area contributed by atoms with Crippen LogP contribution >= 0.6 is 11.8 Å². The van der Waals surface area contributed by atoms with E-state index >= 15 is 0 Å². The van der Waals surface area contributed by atoms with E-state index in [0.717, 1.165) is 17.0 Å². The fraction of sp³-hybridized carbons (Fsp3) is 0.375. The fourth-order valence-electron chi connectivity index (χ4n) is 3.44. The highest BCUT2D eigenvalue weighted by atomic mass is 32.2. The summed E-state index contributed by atoms with van der Waals surface area (Å²) in [6.07, 6.45) is 1.70. The number of thioether (sulfide) groups is 1. The van der Waals surface area contributed by atoms with Crippen LogP contribution in [-0.4, -0.2) is 33.8 Å². The number of nitrogens with zero attached hydrogens (tertiary/aromatic N) is 2. The second-order valence-electron chi connectivity index (χ2n) is 5.97. The third kappa shape index (κ3) is 2.26. The van der Waals surface area contributed by atoms with Gasteiger partial charge in [-0.2, -0.15) is 5.10 Å². The van der Waals surface area contributed by atoms with E-state index in [4.69, 9.17) is 10.5 Å². The first-order chi connectivity index (χ1) is 11.1. The number of aromatic amines is 1. The van der Waals surface area contributed by atoms with Crippen molar-refractivity contribution in [3.8, 4) is 11.3 Å². The molecule has 0 radical (unpaired) electrons. The summed E-state index contributed by atoms with van der Waals surface area (Å²) in [4.78, 5) is 4.65. The maximum atomic E-state index is 14.7. The maximum absolute atomic E-state index is 14.7. The lowest BCUT2D eigenvalue weighted by molar-refractivity contribution is 0.107. The number of aromatic nitrogens is 2. The minimum absolute atomic E-state index is 0.0227. The Kier molecular flexibility index (Phi) is 3.42. The molecule has 2 aliphatic heterocycles. The van der Waals surface area contributed by atoms with Gasteiger partial charge in [-0.05, 0) is 31.2 Å². The molecule has 5 nitrogen and oxygen atoms in total. The van der Waals surface area contributed by atoms with Gasteiger partial charge in [0.15, 0.2) is 5.17 Å². The summed E-state index contributed by atoms with van der Waals surface area (Å²) in [5.74, 6) is 0.607. The number of ether oxygens (including phenoxy) is 1. The lowest BCUT2D eigenvalue weighted by atomic mass is 9.78. The van der Waals surface area contributed by atoms with Crippen LogP contribution in [0, 0.1) is 11.7 Å². The number of H-pyrrole nitrogens is 1. The van der Waals surface area contributed by atoms with Crippen LogP contribution in [0.4, 0.5) is 4.39 Å². The third-order valence-electron chi connectivity index (χ3n) is 4.71. The molecule has 0 bridgehead atoms. The Morgan fingerprint density at radius 1 is 1.43 bits per heavy atom. The van der Waals surface area contributed by atoms with Crippen molar-refractivity contribution in [1.82, 2.24) is 10.2 Å². The van der Waals surface area contributed by atoms with Crippen LogP contribution in [0.15, 0.2) is 35.5 Å². The second kappa shape index (κ2) is 5.35. The van der Waals surface area contributed by atoms with Crippen LogP contribution in [0.1, 0.15) is 12.5 Å². The smallest absolute Gasteiger partial charge is 0.154 e. The average molecular weight is 332 g/mol. The number of hydrogen-bond donors (Lipinski definition) is 2. The summed E-state index contributed by atoms with van der Waals surface area (Å²) in [5.41, 5.74) is 7.48. The zero-order chi connectivity index (χ0) is 16.0. The molecule has 0 unspecified atom stereocenters. The number of rotatable bonds is 2. The van der Waals surface area contributed by atoms with E-state index in [1.165, 1.54) is 17.8 Å². The number of aliphatic imine (C=N–C) groups is 1. The number of hydrogen-bond acceptors (Lipinski definition) is 5. The van der Waals surface area contributed by atoms with Gasteiger partial charge in [0.1, 0.15) is 11.4 Å². The van der Waals surface area contributed by atoms with E-state index in [2.05, 4.69) is 15.2 Å². The molecule has 4 rings (SSSR count). The molecule has 0 saturated carbocycles. The van der Waals surface area contributed by atoms with E-state index in [1.807, 2.05) is 19.1 Å². The van der Waals surface area contributed by atoms with E-state index in [9.17, 15) is 4.39 Å². The van der Waals surface area contributed by atoms with Crippen molar-refractivity contribution in [3.63, 3.8) is 0 Å². The lowest BCUT2D eigenvalue weighted by Crippen LogP contribution is -2.41. The molecule has 1 aromatic carbocycles. The minimum atomic E-state index is -0.741. The van der Waals surface area contributed by atoms with Crippen LogP contribution in [0.2, 0.25) is 0 Å². The summed E-state index contributed by atoms with van der Waals surface area (Å²) < 4.78 is 20.5. The summed E-state index contributed by atoms with van der Waals surface area (Å²) in [7, 11) is 0. The SMILES string of the molecule is C[C@H]1OC[C@]2(c3cc(-c4ccn[nH]4)ccc3F)N=C(N)SC[C@H]12. The molecule has 3 atom stereocenters. The highest BCUT2D eigenvalue weighted by molar-refractivity contribution is 8.13. The number of halogens is 1. The van der Waals surface area contributed by atoms with Gasteiger partial charge in [0.25, 0.3) is 0 Å². The monoisotopic (exact) mass is 332 g/mol. The fourth-order valence-corrected chi connectivity index (χ4v) is 4.57. The zero-order valence-corrected chi connectivity index (χ0v) is 13.4. The second-order valence-corrected chi connectivity index (χ2v) is 7.01. The van der Waals surface area contributed by atoms with Crippen molar-refractivity contribution in [2.24, 2.45) is 16.6 Å². The van der Waals surface area contributed by atoms with Crippen molar-refractivity contribution in [1.29, 1.82) is 0 Å². The van der Waals surface area contributed by atoms with Crippen LogP contribution in [0.5, 0.6) is 0 Å². The summed E-state index contributed by atoms with van der Waals surface area (Å²) in [6, 6.07) is 6.91. The zero-order valence-electron chi connectivity index (χ0n) is 12.6. The van der Waals surface area contributed by atoms with Gasteiger partial charge < -0.3 is 10.5 Å². The molecular weight excluding hydrogens is 315 g/mol. The van der Waals surface area contributed by atoms with Crippen molar-refractivity contribution in [2.45, 2.75) is 18.6 Å². The Labute approximate surface area is 137 Å². The quantitative estimate of drug-likeness (QED) is 0.886. The molecule has 7 heteroatoms. The molecule has 0 spiro atoms. The summed E-state index contributed by atoms with van der Waals surface area (Å²) >= 11 is 1.51. The van der Waals surface area contributed by atoms with E-state index in [1.54, 1.807) is 12.3 Å². The summed E-state index contributed by atoms with van der Waals surface area (Å²) in [6.45, 7) is 2.37. The molecule has 3 N–H and O–H groups in total. The molecule has 120 valence electrons. The minimum Gasteiger partial charge on any atom is -0.379 e. The standard InChI is InChI=1S/C16H17FN4OS/c1-9-12-7-23-15(18)20-16(12,8-22-9)11-6-10(2-3-13(11)17)14-4-5-19-21-14/h2-6,9,12H,7-8H2,1H3,(H2,18,20)(H,19,21)/t9-,12-,16-/m1/s1. The third-order valence-corrected chi connectivity index (χ3v) is 5.62. The largest absolute Gasteiger partial charge is 0.379 e. The van der Waals surface area contributed by atoms with Gasteiger partial charge in [-0.25, -0.2) is 9.38 Å². The number of benzene rings is 1. The average Bonchev–Trinajstić information content (AvgIpc) is 3.17. The molecule has 23 heavy (non-hydrogen) atoms. The first kappa shape index (κ1) is 14.7. The van der Waals surface area contributed by atoms with E-state index in [0.29, 0.717) is 17.3 Å². The number of fused-ring (bicyclic) bond motifs is 1. The van der Waals surface area contributed by atoms with Gasteiger partial charge in [0, 0.05) is 29.0 Å². The van der Waals surface area contributed by atoms with Crippen molar-refractivity contribution in [2.75, 3.05) is 12.4 Å². The first-order valence-corrected chi connectivity index (χ1v) is 8.48. The van der Waals surface area contributed by atoms with Crippen LogP contribution < -0.4 is 5.73 Å². The van der Waals surface area contributed by atoms with Gasteiger partial charge in [-0.3, -0.25) is 5.10 Å². The van der Waals surface area contributed by atoms with Crippen LogP contribution in [0.25, 0.3) is 11.3 Å². The Hall–Kier alpha value is -1.86.